The molecule has 1 aliphatic rings. The summed E-state index contributed by atoms with van der Waals surface area (Å²) in [5.41, 5.74) is 2.58. The summed E-state index contributed by atoms with van der Waals surface area (Å²) in [5, 5.41) is 11.6. The van der Waals surface area contributed by atoms with E-state index in [-0.39, 0.29) is 24.4 Å². The van der Waals surface area contributed by atoms with Crippen molar-refractivity contribution >= 4 is 22.8 Å². The number of amides is 2. The number of carbonyl (C=O) groups is 2. The third kappa shape index (κ3) is 5.48. The first-order chi connectivity index (χ1) is 17.7. The minimum atomic E-state index is -0.868. The molecule has 8 heteroatoms. The summed E-state index contributed by atoms with van der Waals surface area (Å²) in [6, 6.07) is 20.3. The molecule has 4 aromatic rings. The van der Waals surface area contributed by atoms with Gasteiger partial charge in [-0.3, -0.25) is 9.59 Å². The van der Waals surface area contributed by atoms with E-state index in [4.69, 9.17) is 4.42 Å². The Balaban J connectivity index is 1.44. The van der Waals surface area contributed by atoms with Crippen LogP contribution in [0.15, 0.2) is 77.4 Å². The van der Waals surface area contributed by atoms with Crippen molar-refractivity contribution in [1.29, 1.82) is 0 Å². The molecule has 2 aromatic carbocycles. The number of nitrogens with one attached hydrogen (secondary N) is 1. The predicted octanol–water partition coefficient (Wildman–Crippen LogP) is 4.29. The Labute approximate surface area is 210 Å². The highest BCUT2D eigenvalue weighted by Crippen LogP contribution is 2.25. The van der Waals surface area contributed by atoms with Crippen molar-refractivity contribution in [2.24, 2.45) is 0 Å². The zero-order valence-electron chi connectivity index (χ0n) is 20.3. The van der Waals surface area contributed by atoms with Crippen LogP contribution in [0.25, 0.3) is 11.0 Å². The number of nitrogens with zero attached hydrogens (tertiary/aromatic N) is 4. The third-order valence-electron chi connectivity index (χ3n) is 6.83. The second kappa shape index (κ2) is 11.2. The van der Waals surface area contributed by atoms with E-state index in [0.29, 0.717) is 18.7 Å². The van der Waals surface area contributed by atoms with Gasteiger partial charge in [-0.05, 0) is 49.1 Å². The standard InChI is InChI=1S/C28H31N5O3/c34-26(20-33-24-15-8-7-14-23(24)30-31-33)32(18-17-21-10-3-1-4-11-21)27(25-16-9-19-36-25)28(35)29-22-12-5-2-6-13-22/h1,3-4,7-11,14-16,19,22,27H,2,5-6,12-13,17-18,20H2,(H,29,35)/t27-/m0/s1. The van der Waals surface area contributed by atoms with E-state index in [9.17, 15) is 9.59 Å². The van der Waals surface area contributed by atoms with E-state index < -0.39 is 6.04 Å². The molecule has 1 aliphatic carbocycles. The van der Waals surface area contributed by atoms with E-state index >= 15 is 0 Å². The Kier molecular flexibility index (Phi) is 7.40. The smallest absolute Gasteiger partial charge is 0.250 e. The molecule has 2 amide bonds. The van der Waals surface area contributed by atoms with Gasteiger partial charge in [0.05, 0.1) is 11.8 Å². The highest BCUT2D eigenvalue weighted by atomic mass is 16.3. The molecule has 1 fully saturated rings. The Hall–Kier alpha value is -3.94. The number of para-hydroxylation sites is 1. The number of carbonyl (C=O) groups excluding carboxylic acids is 2. The van der Waals surface area contributed by atoms with E-state index in [2.05, 4.69) is 15.6 Å². The molecule has 0 bridgehead atoms. The molecular weight excluding hydrogens is 454 g/mol. The first-order valence-electron chi connectivity index (χ1n) is 12.6. The summed E-state index contributed by atoms with van der Waals surface area (Å²) < 4.78 is 7.29. The van der Waals surface area contributed by atoms with Crippen LogP contribution < -0.4 is 5.32 Å². The zero-order chi connectivity index (χ0) is 24.7. The van der Waals surface area contributed by atoms with Gasteiger partial charge in [0, 0.05) is 12.6 Å². The summed E-state index contributed by atoms with van der Waals surface area (Å²) in [4.78, 5) is 29.1. The average Bonchev–Trinajstić information content (AvgIpc) is 3.58. The molecule has 0 aliphatic heterocycles. The number of hydrogen-bond donors (Lipinski definition) is 1. The Morgan fingerprint density at radius 1 is 1.00 bits per heavy atom. The van der Waals surface area contributed by atoms with Crippen molar-refractivity contribution in [3.05, 3.63) is 84.3 Å². The van der Waals surface area contributed by atoms with Gasteiger partial charge in [-0.15, -0.1) is 5.10 Å². The van der Waals surface area contributed by atoms with Gasteiger partial charge in [0.2, 0.25) is 5.91 Å². The molecule has 1 N–H and O–H groups in total. The van der Waals surface area contributed by atoms with Crippen LogP contribution in [0.1, 0.15) is 49.5 Å². The first-order valence-corrected chi connectivity index (χ1v) is 12.6. The normalized spacial score (nSPS) is 15.0. The third-order valence-corrected chi connectivity index (χ3v) is 6.83. The highest BCUT2D eigenvalue weighted by molar-refractivity contribution is 5.89. The molecule has 1 saturated carbocycles. The van der Waals surface area contributed by atoms with Gasteiger partial charge >= 0.3 is 0 Å². The van der Waals surface area contributed by atoms with Crippen molar-refractivity contribution in [1.82, 2.24) is 25.2 Å². The molecule has 186 valence electrons. The largest absolute Gasteiger partial charge is 0.467 e. The Morgan fingerprint density at radius 3 is 2.56 bits per heavy atom. The minimum Gasteiger partial charge on any atom is -0.467 e. The summed E-state index contributed by atoms with van der Waals surface area (Å²) in [5.74, 6) is 0.0247. The maximum atomic E-state index is 13.8. The van der Waals surface area contributed by atoms with Gasteiger partial charge in [-0.1, -0.05) is 66.9 Å². The maximum Gasteiger partial charge on any atom is 0.250 e. The fourth-order valence-electron chi connectivity index (χ4n) is 4.94. The molecule has 8 nitrogen and oxygen atoms in total. The van der Waals surface area contributed by atoms with Crippen LogP contribution in [0.2, 0.25) is 0 Å². The fourth-order valence-corrected chi connectivity index (χ4v) is 4.94. The van der Waals surface area contributed by atoms with E-state index in [1.165, 1.54) is 6.42 Å². The summed E-state index contributed by atoms with van der Waals surface area (Å²) in [6.45, 7) is 0.335. The second-order valence-corrected chi connectivity index (χ2v) is 9.32. The van der Waals surface area contributed by atoms with Gasteiger partial charge in [0.25, 0.3) is 5.91 Å². The van der Waals surface area contributed by atoms with Crippen molar-refractivity contribution in [3.8, 4) is 0 Å². The highest BCUT2D eigenvalue weighted by Gasteiger charge is 2.35. The number of benzene rings is 2. The summed E-state index contributed by atoms with van der Waals surface area (Å²) >= 11 is 0. The minimum absolute atomic E-state index is 0.0246. The quantitative estimate of drug-likeness (QED) is 0.382. The van der Waals surface area contributed by atoms with Crippen molar-refractivity contribution in [2.45, 2.75) is 57.2 Å². The zero-order valence-corrected chi connectivity index (χ0v) is 20.3. The number of hydrogen-bond acceptors (Lipinski definition) is 5. The molecule has 36 heavy (non-hydrogen) atoms. The van der Waals surface area contributed by atoms with Crippen molar-refractivity contribution in [3.63, 3.8) is 0 Å². The summed E-state index contributed by atoms with van der Waals surface area (Å²) in [7, 11) is 0. The number of fused-ring (bicyclic) bond motifs is 1. The van der Waals surface area contributed by atoms with E-state index in [0.717, 1.165) is 42.3 Å². The average molecular weight is 486 g/mol. The lowest BCUT2D eigenvalue weighted by Gasteiger charge is -2.32. The van der Waals surface area contributed by atoms with Crippen LogP contribution in [-0.4, -0.2) is 44.3 Å². The van der Waals surface area contributed by atoms with Crippen LogP contribution in [-0.2, 0) is 22.6 Å². The van der Waals surface area contributed by atoms with Crippen LogP contribution in [0.3, 0.4) is 0 Å². The van der Waals surface area contributed by atoms with Gasteiger partial charge in [0.15, 0.2) is 6.04 Å². The van der Waals surface area contributed by atoms with Crippen LogP contribution in [0.4, 0.5) is 0 Å². The lowest BCUT2D eigenvalue weighted by molar-refractivity contribution is -0.142. The number of aromatic nitrogens is 3. The first kappa shape index (κ1) is 23.8. The van der Waals surface area contributed by atoms with Crippen molar-refractivity contribution < 1.29 is 14.0 Å². The molecule has 0 unspecified atom stereocenters. The van der Waals surface area contributed by atoms with Gasteiger partial charge in [-0.25, -0.2) is 4.68 Å². The van der Waals surface area contributed by atoms with Gasteiger partial charge in [-0.2, -0.15) is 0 Å². The maximum absolute atomic E-state index is 13.8. The van der Waals surface area contributed by atoms with Gasteiger partial charge in [0.1, 0.15) is 17.8 Å². The topological polar surface area (TPSA) is 93.3 Å². The number of furan rings is 1. The summed E-state index contributed by atoms with van der Waals surface area (Å²) in [6.07, 6.45) is 7.47. The lowest BCUT2D eigenvalue weighted by Crippen LogP contribution is -2.48. The SMILES string of the molecule is O=C(NC1CCCCC1)[C@H](c1ccco1)N(CCc1ccccc1)C(=O)Cn1nnc2ccccc21. The predicted molar refractivity (Wildman–Crippen MR) is 136 cm³/mol. The second-order valence-electron chi connectivity index (χ2n) is 9.32. The van der Waals surface area contributed by atoms with Crippen molar-refractivity contribution in [2.75, 3.05) is 6.54 Å². The molecule has 1 atom stereocenters. The molecular formula is C28H31N5O3. The molecule has 0 saturated heterocycles. The molecule has 2 aromatic heterocycles. The van der Waals surface area contributed by atoms with E-state index in [1.807, 2.05) is 54.6 Å². The molecule has 2 heterocycles. The van der Waals surface area contributed by atoms with Crippen LogP contribution in [0.5, 0.6) is 0 Å². The number of rotatable bonds is 9. The Morgan fingerprint density at radius 2 is 1.78 bits per heavy atom. The van der Waals surface area contributed by atoms with E-state index in [1.54, 1.807) is 28.0 Å². The lowest BCUT2D eigenvalue weighted by atomic mass is 9.95. The molecule has 0 radical (unpaired) electrons. The van der Waals surface area contributed by atoms with Crippen LogP contribution in [0, 0.1) is 0 Å². The fraction of sp³-hybridized carbons (Fsp3) is 0.357. The monoisotopic (exact) mass is 485 g/mol. The Bertz CT molecular complexity index is 1280. The van der Waals surface area contributed by atoms with Gasteiger partial charge < -0.3 is 14.6 Å². The van der Waals surface area contributed by atoms with Crippen LogP contribution >= 0.6 is 0 Å². The molecule has 0 spiro atoms. The molecule has 5 rings (SSSR count).